The van der Waals surface area contributed by atoms with Gasteiger partial charge in [0.25, 0.3) is 5.24 Å². The molecule has 0 aliphatic heterocycles. The summed E-state index contributed by atoms with van der Waals surface area (Å²) in [6, 6.07) is 11.0. The average Bonchev–Trinajstić information content (AvgIpc) is 2.39. The van der Waals surface area contributed by atoms with Gasteiger partial charge in [-0.05, 0) is 46.6 Å². The Morgan fingerprint density at radius 1 is 1.06 bits per heavy atom. The highest BCUT2D eigenvalue weighted by atomic mass is 35.5. The first-order valence-corrected chi connectivity index (χ1v) is 5.86. The fourth-order valence-electron chi connectivity index (χ4n) is 1.47. The molecule has 0 heterocycles. The molecule has 2 nitrogen and oxygen atoms in total. The van der Waals surface area contributed by atoms with E-state index in [1.165, 1.54) is 0 Å². The highest BCUT2D eigenvalue weighted by Gasteiger charge is 2.03. The minimum Gasteiger partial charge on any atom is -0.497 e. The first-order valence-electron chi connectivity index (χ1n) is 5.48. The van der Waals surface area contributed by atoms with Gasteiger partial charge in [0, 0.05) is 5.56 Å². The summed E-state index contributed by atoms with van der Waals surface area (Å²) in [4.78, 5) is 11.0. The van der Waals surface area contributed by atoms with E-state index in [0.29, 0.717) is 5.56 Å². The fourth-order valence-corrected chi connectivity index (χ4v) is 1.59. The molecular weight excluding hydrogens is 236 g/mol. The van der Waals surface area contributed by atoms with Crippen LogP contribution in [0.2, 0.25) is 0 Å². The number of benzene rings is 2. The van der Waals surface area contributed by atoms with Crippen LogP contribution >= 0.6 is 11.6 Å². The van der Waals surface area contributed by atoms with Crippen LogP contribution < -0.4 is 4.74 Å². The lowest BCUT2D eigenvalue weighted by molar-refractivity contribution is 0.108. The van der Waals surface area contributed by atoms with Gasteiger partial charge in [-0.1, -0.05) is 26.0 Å². The molecule has 0 radical (unpaired) electrons. The van der Waals surface area contributed by atoms with E-state index in [4.69, 9.17) is 16.3 Å². The maximum Gasteiger partial charge on any atom is 0.252 e. The fraction of sp³-hybridized carbons (Fsp3) is 0.214. The molecule has 17 heavy (non-hydrogen) atoms. The second kappa shape index (κ2) is 6.26. The molecule has 0 saturated carbocycles. The average molecular weight is 251 g/mol. The molecule has 2 aromatic carbocycles. The first-order chi connectivity index (χ1) is 8.20. The van der Waals surface area contributed by atoms with Crippen molar-refractivity contribution < 1.29 is 9.53 Å². The summed E-state index contributed by atoms with van der Waals surface area (Å²) in [5, 5.41) is 1.56. The summed E-state index contributed by atoms with van der Waals surface area (Å²) in [5.74, 6) is 0.799. The SMILES string of the molecule is CC.COc1ccc2cc(C(=O)Cl)ccc2c1. The second-order valence-corrected chi connectivity index (χ2v) is 3.54. The van der Waals surface area contributed by atoms with Gasteiger partial charge >= 0.3 is 0 Å². The Balaban J connectivity index is 0.000000686. The topological polar surface area (TPSA) is 26.3 Å². The largest absolute Gasteiger partial charge is 0.497 e. The van der Waals surface area contributed by atoms with Crippen LogP contribution in [-0.4, -0.2) is 12.4 Å². The van der Waals surface area contributed by atoms with Crippen LogP contribution in [0.3, 0.4) is 0 Å². The van der Waals surface area contributed by atoms with Gasteiger partial charge in [-0.15, -0.1) is 0 Å². The third kappa shape index (κ3) is 3.21. The lowest BCUT2D eigenvalue weighted by Crippen LogP contribution is -1.88. The van der Waals surface area contributed by atoms with Gasteiger partial charge in [-0.2, -0.15) is 0 Å². The number of hydrogen-bond acceptors (Lipinski definition) is 2. The van der Waals surface area contributed by atoms with E-state index in [1.54, 1.807) is 19.2 Å². The van der Waals surface area contributed by atoms with Crippen molar-refractivity contribution in [3.05, 3.63) is 42.0 Å². The maximum atomic E-state index is 11.0. The van der Waals surface area contributed by atoms with E-state index in [1.807, 2.05) is 38.1 Å². The lowest BCUT2D eigenvalue weighted by Gasteiger charge is -2.03. The third-order valence-electron chi connectivity index (χ3n) is 2.27. The Morgan fingerprint density at radius 3 is 2.24 bits per heavy atom. The van der Waals surface area contributed by atoms with E-state index in [-0.39, 0.29) is 0 Å². The predicted molar refractivity (Wildman–Crippen MR) is 72.0 cm³/mol. The van der Waals surface area contributed by atoms with E-state index >= 15 is 0 Å². The zero-order chi connectivity index (χ0) is 12.8. The highest BCUT2D eigenvalue weighted by molar-refractivity contribution is 6.67. The Kier molecular flexibility index (Phi) is 4.98. The van der Waals surface area contributed by atoms with Crippen molar-refractivity contribution in [2.45, 2.75) is 13.8 Å². The number of rotatable bonds is 2. The lowest BCUT2D eigenvalue weighted by atomic mass is 10.1. The van der Waals surface area contributed by atoms with Gasteiger partial charge in [-0.3, -0.25) is 4.79 Å². The third-order valence-corrected chi connectivity index (χ3v) is 2.49. The van der Waals surface area contributed by atoms with Crippen LogP contribution in [0.1, 0.15) is 24.2 Å². The Hall–Kier alpha value is -1.54. The molecule has 0 aliphatic rings. The van der Waals surface area contributed by atoms with Crippen LogP contribution in [0, 0.1) is 0 Å². The molecule has 3 heteroatoms. The number of ether oxygens (including phenoxy) is 1. The first kappa shape index (κ1) is 13.5. The van der Waals surface area contributed by atoms with E-state index in [2.05, 4.69) is 0 Å². The summed E-state index contributed by atoms with van der Waals surface area (Å²) < 4.78 is 5.11. The van der Waals surface area contributed by atoms with Crippen LogP contribution in [0.15, 0.2) is 36.4 Å². The molecule has 2 rings (SSSR count). The van der Waals surface area contributed by atoms with Crippen molar-refractivity contribution in [2.75, 3.05) is 7.11 Å². The predicted octanol–water partition coefficient (Wildman–Crippen LogP) is 4.25. The molecule has 0 spiro atoms. The number of fused-ring (bicyclic) bond motifs is 1. The minimum atomic E-state index is -0.437. The number of methoxy groups -OCH3 is 1. The van der Waals surface area contributed by atoms with Gasteiger partial charge < -0.3 is 4.74 Å². The molecule has 0 unspecified atom stereocenters. The van der Waals surface area contributed by atoms with Gasteiger partial charge in [0.05, 0.1) is 7.11 Å². The smallest absolute Gasteiger partial charge is 0.252 e. The quantitative estimate of drug-likeness (QED) is 0.745. The molecule has 0 N–H and O–H groups in total. The molecule has 90 valence electrons. The summed E-state index contributed by atoms with van der Waals surface area (Å²) in [5.41, 5.74) is 0.509. The monoisotopic (exact) mass is 250 g/mol. The standard InChI is InChI=1S/C12H9ClO2.C2H6/c1-15-11-5-4-8-6-10(12(13)14)3-2-9(8)7-11;1-2/h2-7H,1H3;1-2H3. The Bertz CT molecular complexity index is 521. The molecule has 0 amide bonds. The summed E-state index contributed by atoms with van der Waals surface area (Å²) >= 11 is 5.40. The Morgan fingerprint density at radius 2 is 1.65 bits per heavy atom. The molecule has 0 atom stereocenters. The van der Waals surface area contributed by atoms with Gasteiger partial charge in [0.2, 0.25) is 0 Å². The van der Waals surface area contributed by atoms with Crippen molar-refractivity contribution in [3.63, 3.8) is 0 Å². The normalized spacial score (nSPS) is 9.41. The molecule has 0 aliphatic carbocycles. The molecule has 0 saturated heterocycles. The van der Waals surface area contributed by atoms with Crippen LogP contribution in [-0.2, 0) is 0 Å². The van der Waals surface area contributed by atoms with Crippen molar-refractivity contribution in [2.24, 2.45) is 0 Å². The number of carbonyl (C=O) groups excluding carboxylic acids is 1. The molecule has 0 fully saturated rings. The van der Waals surface area contributed by atoms with Crippen molar-refractivity contribution in [3.8, 4) is 5.75 Å². The zero-order valence-electron chi connectivity index (χ0n) is 10.2. The molecule has 0 bridgehead atoms. The second-order valence-electron chi connectivity index (χ2n) is 3.20. The molecule has 0 aromatic heterocycles. The van der Waals surface area contributed by atoms with Crippen molar-refractivity contribution in [1.29, 1.82) is 0 Å². The van der Waals surface area contributed by atoms with Crippen LogP contribution in [0.4, 0.5) is 0 Å². The zero-order valence-corrected chi connectivity index (χ0v) is 10.9. The summed E-state index contributed by atoms with van der Waals surface area (Å²) in [6.45, 7) is 4.00. The summed E-state index contributed by atoms with van der Waals surface area (Å²) in [6.07, 6.45) is 0. The van der Waals surface area contributed by atoms with Crippen molar-refractivity contribution >= 4 is 27.6 Å². The molecular formula is C14H15ClO2. The number of hydrogen-bond donors (Lipinski definition) is 0. The molecule has 2 aromatic rings. The van der Waals surface area contributed by atoms with Gasteiger partial charge in [0.1, 0.15) is 5.75 Å². The Labute approximate surface area is 106 Å². The van der Waals surface area contributed by atoms with Gasteiger partial charge in [0.15, 0.2) is 0 Å². The van der Waals surface area contributed by atoms with E-state index < -0.39 is 5.24 Å². The highest BCUT2D eigenvalue weighted by Crippen LogP contribution is 2.22. The van der Waals surface area contributed by atoms with Gasteiger partial charge in [-0.25, -0.2) is 0 Å². The van der Waals surface area contributed by atoms with Crippen LogP contribution in [0.5, 0.6) is 5.75 Å². The van der Waals surface area contributed by atoms with E-state index in [9.17, 15) is 4.79 Å². The minimum absolute atomic E-state index is 0.437. The van der Waals surface area contributed by atoms with Crippen LogP contribution in [0.25, 0.3) is 10.8 Å². The maximum absolute atomic E-state index is 11.0. The van der Waals surface area contributed by atoms with Crippen molar-refractivity contribution in [1.82, 2.24) is 0 Å². The van der Waals surface area contributed by atoms with E-state index in [0.717, 1.165) is 16.5 Å². The number of halogens is 1. The summed E-state index contributed by atoms with van der Waals surface area (Å²) in [7, 11) is 1.62. The number of carbonyl (C=O) groups is 1.